The Morgan fingerprint density at radius 2 is 1.38 bits per heavy atom. The summed E-state index contributed by atoms with van der Waals surface area (Å²) < 4.78 is 12.4. The van der Waals surface area contributed by atoms with Crippen LogP contribution in [0.4, 0.5) is 5.82 Å². The number of primary amides is 2. The molecule has 0 radical (unpaired) electrons. The predicted molar refractivity (Wildman–Crippen MR) is 335 cm³/mol. The van der Waals surface area contributed by atoms with Crippen LogP contribution >= 0.6 is 34.0 Å². The van der Waals surface area contributed by atoms with Crippen LogP contribution in [0.3, 0.4) is 0 Å². The van der Waals surface area contributed by atoms with Gasteiger partial charge in [0.2, 0.25) is 29.5 Å². The average molecular weight is 1280 g/mol. The minimum atomic E-state index is -1.63. The van der Waals surface area contributed by atoms with Crippen molar-refractivity contribution in [1.82, 2.24) is 67.5 Å². The largest absolute Gasteiger partial charge is 0.391 e. The van der Waals surface area contributed by atoms with Crippen LogP contribution in [0.15, 0.2) is 46.5 Å². The van der Waals surface area contributed by atoms with Gasteiger partial charge >= 0.3 is 0 Å². The van der Waals surface area contributed by atoms with Crippen molar-refractivity contribution in [3.05, 3.63) is 79.8 Å². The summed E-state index contributed by atoms with van der Waals surface area (Å²) in [6, 6.07) is 2.41. The fourth-order valence-corrected chi connectivity index (χ4v) is 11.6. The van der Waals surface area contributed by atoms with Crippen LogP contribution in [0.5, 0.6) is 0 Å². The summed E-state index contributed by atoms with van der Waals surface area (Å²) in [7, 11) is -1.45. The average Bonchev–Trinajstić information content (AvgIpc) is 2.40. The lowest BCUT2D eigenvalue weighted by atomic mass is 9.91. The molecule has 4 heterocycles. The van der Waals surface area contributed by atoms with Crippen molar-refractivity contribution < 1.29 is 48.0 Å². The number of hydrogen-bond acceptors (Lipinski definition) is 24. The van der Waals surface area contributed by atoms with Crippen LogP contribution in [0.25, 0.3) is 21.4 Å². The molecular formula is C55H82N18O10S4. The lowest BCUT2D eigenvalue weighted by Gasteiger charge is -2.31. The van der Waals surface area contributed by atoms with Crippen molar-refractivity contribution in [2.24, 2.45) is 28.9 Å². The van der Waals surface area contributed by atoms with Crippen LogP contribution < -0.4 is 71.2 Å². The molecule has 7 amide bonds. The van der Waals surface area contributed by atoms with Gasteiger partial charge in [0.1, 0.15) is 56.5 Å². The molecule has 0 bridgehead atoms. The summed E-state index contributed by atoms with van der Waals surface area (Å²) in [6.07, 6.45) is 2.02. The molecule has 476 valence electrons. The van der Waals surface area contributed by atoms with Gasteiger partial charge in [-0.15, -0.1) is 34.0 Å². The van der Waals surface area contributed by atoms with Crippen molar-refractivity contribution in [2.75, 3.05) is 70.1 Å². The van der Waals surface area contributed by atoms with Gasteiger partial charge in [0, 0.05) is 77.0 Å². The second-order valence-corrected chi connectivity index (χ2v) is 24.9. The first-order chi connectivity index (χ1) is 41.6. The minimum Gasteiger partial charge on any atom is -0.391 e. The predicted octanol–water partition coefficient (Wildman–Crippen LogP) is -1.37. The normalized spacial score (nSPS) is 14.5. The SMILES string of the molecule is Cc1c(N)nc([C@H](CC(N)=O)NC[C@H](N)C(N)=O)nc1C(=O)N[C@@H](CCS(C)=O)C(=O)N[C@H](Cc1ccccc1)[C@@H](O)[C@H](C)C(=O)N[C@H](C(=O)NCCc1nc(-c2nc(-c3nc(C(=O)NCCCNCCCCNCCCN)cs3)cs2)cs1)[C@@H](C)O. The zero-order valence-electron chi connectivity index (χ0n) is 49.2. The first-order valence-corrected chi connectivity index (χ1v) is 32.8. The number of anilines is 1. The standard InChI is InChI=1S/C55H82N18O10S4/c1-30-43(71-48(73-46(30)59)37(25-41(58)75)65-26-34(57)47(60)77)53(82)67-35(15-23-87(4)83)51(80)68-36(24-33-12-6-5-7-13-33)45(76)31(2)49(78)72-44(32(3)74)52(81)64-22-14-42-66-39(28-84-42)54-70-40(29-86-54)55-69-38(27-85-55)50(79)63-21-11-20-62-18-9-8-17-61-19-10-16-56/h5-7,12-13,27-29,31-32,34-37,44-45,61-62,65,74,76H,8-11,14-26,56-57H2,1-4H3,(H2,58,75)(H2,60,77)(H,63,79)(H,64,81)(H,67,82)(H,68,80)(H,72,78)(H2,59,71,73)/t31-,32+,34-,35-,36+,37-,44-,45-,87?/m0/s1. The van der Waals surface area contributed by atoms with E-state index in [2.05, 4.69) is 57.5 Å². The third-order valence-corrected chi connectivity index (χ3v) is 17.1. The third kappa shape index (κ3) is 23.3. The van der Waals surface area contributed by atoms with Gasteiger partial charge in [-0.2, -0.15) is 0 Å². The summed E-state index contributed by atoms with van der Waals surface area (Å²) >= 11 is 4.05. The van der Waals surface area contributed by atoms with Gasteiger partial charge in [-0.1, -0.05) is 37.3 Å². The van der Waals surface area contributed by atoms with E-state index in [0.29, 0.717) is 57.2 Å². The van der Waals surface area contributed by atoms with Gasteiger partial charge in [-0.3, -0.25) is 37.8 Å². The van der Waals surface area contributed by atoms with Crippen molar-refractivity contribution in [3.8, 4) is 21.4 Å². The number of carbonyl (C=O) groups is 7. The fourth-order valence-electron chi connectivity index (χ4n) is 8.53. The lowest BCUT2D eigenvalue weighted by molar-refractivity contribution is -0.136. The zero-order chi connectivity index (χ0) is 63.6. The number of rotatable bonds is 40. The highest BCUT2D eigenvalue weighted by molar-refractivity contribution is 7.84. The number of benzene rings is 1. The van der Waals surface area contributed by atoms with Crippen LogP contribution in [-0.4, -0.2) is 181 Å². The second kappa shape index (κ2) is 36.5. The number of thiazole rings is 3. The third-order valence-electron chi connectivity index (χ3n) is 13.6. The molecule has 9 atom stereocenters. The van der Waals surface area contributed by atoms with Gasteiger partial charge in [-0.25, -0.2) is 24.9 Å². The van der Waals surface area contributed by atoms with E-state index in [4.69, 9.17) is 38.6 Å². The van der Waals surface area contributed by atoms with Gasteiger partial charge in [0.05, 0.1) is 41.3 Å². The Hall–Kier alpha value is -6.85. The number of nitrogens with zero attached hydrogens (tertiary/aromatic N) is 5. The molecule has 0 aliphatic rings. The van der Waals surface area contributed by atoms with E-state index in [1.165, 1.54) is 61.0 Å². The van der Waals surface area contributed by atoms with Crippen LogP contribution in [0.2, 0.25) is 0 Å². The molecule has 4 aromatic heterocycles. The Balaban J connectivity index is 1.17. The number of nitrogens with one attached hydrogen (secondary N) is 8. The second-order valence-electron chi connectivity index (χ2n) is 20.7. The number of unbranched alkanes of at least 4 members (excludes halogenated alkanes) is 1. The maximum absolute atomic E-state index is 14.3. The number of carbonyl (C=O) groups excluding carboxylic acids is 7. The molecular weight excluding hydrogens is 1200 g/mol. The van der Waals surface area contributed by atoms with Gasteiger partial charge in [-0.05, 0) is 90.7 Å². The van der Waals surface area contributed by atoms with Gasteiger partial charge < -0.3 is 81.4 Å². The molecule has 20 N–H and O–H groups in total. The Morgan fingerprint density at radius 3 is 2.05 bits per heavy atom. The summed E-state index contributed by atoms with van der Waals surface area (Å²) in [5.74, 6) is -6.86. The van der Waals surface area contributed by atoms with E-state index in [9.17, 15) is 48.0 Å². The van der Waals surface area contributed by atoms with Crippen molar-refractivity contribution in [2.45, 2.75) is 115 Å². The van der Waals surface area contributed by atoms with Crippen LogP contribution in [0, 0.1) is 12.8 Å². The first kappa shape index (κ1) is 70.9. The molecule has 87 heavy (non-hydrogen) atoms. The number of nitrogen functional groups attached to an aromatic ring is 1. The first-order valence-electron chi connectivity index (χ1n) is 28.4. The Kier molecular flexibility index (Phi) is 29.7. The molecule has 28 nitrogen and oxygen atoms in total. The summed E-state index contributed by atoms with van der Waals surface area (Å²) in [5, 5.41) is 53.2. The molecule has 5 aromatic rings. The number of aliphatic hydroxyl groups excluding tert-OH is 2. The summed E-state index contributed by atoms with van der Waals surface area (Å²) in [4.78, 5) is 115. The van der Waals surface area contributed by atoms with Crippen molar-refractivity contribution >= 4 is 92.0 Å². The Labute approximate surface area is 519 Å². The number of aromatic nitrogens is 5. The Morgan fingerprint density at radius 1 is 0.724 bits per heavy atom. The number of nitrogens with two attached hydrogens (primary N) is 5. The van der Waals surface area contributed by atoms with Gasteiger partial charge in [0.15, 0.2) is 0 Å². The highest BCUT2D eigenvalue weighted by atomic mass is 32.2. The monoisotopic (exact) mass is 1280 g/mol. The molecule has 32 heteroatoms. The van der Waals surface area contributed by atoms with E-state index in [1.807, 2.05) is 10.8 Å². The molecule has 0 saturated carbocycles. The summed E-state index contributed by atoms with van der Waals surface area (Å²) in [5.41, 5.74) is 30.3. The topological polar surface area (TPSA) is 468 Å². The van der Waals surface area contributed by atoms with Crippen molar-refractivity contribution in [3.63, 3.8) is 0 Å². The van der Waals surface area contributed by atoms with Gasteiger partial charge in [0.25, 0.3) is 11.8 Å². The number of aliphatic hydroxyl groups is 2. The molecule has 1 aromatic carbocycles. The highest BCUT2D eigenvalue weighted by Gasteiger charge is 2.36. The summed E-state index contributed by atoms with van der Waals surface area (Å²) in [6.45, 7) is 8.86. The molecule has 0 spiro atoms. The smallest absolute Gasteiger partial charge is 0.271 e. The zero-order valence-corrected chi connectivity index (χ0v) is 52.4. The van der Waals surface area contributed by atoms with Crippen molar-refractivity contribution in [1.29, 1.82) is 0 Å². The van der Waals surface area contributed by atoms with Crippen LogP contribution in [0.1, 0.15) is 101 Å². The lowest BCUT2D eigenvalue weighted by Crippen LogP contribution is -2.58. The van der Waals surface area contributed by atoms with E-state index in [-0.39, 0.29) is 60.5 Å². The van der Waals surface area contributed by atoms with E-state index >= 15 is 0 Å². The maximum atomic E-state index is 14.3. The molecule has 0 aliphatic carbocycles. The van der Waals surface area contributed by atoms with Crippen LogP contribution in [-0.2, 0) is 47.6 Å². The van der Waals surface area contributed by atoms with E-state index in [1.54, 1.807) is 35.7 Å². The molecule has 0 fully saturated rings. The molecule has 5 rings (SSSR count). The molecule has 1 unspecified atom stereocenters. The molecule has 0 saturated heterocycles. The number of hydrogen-bond donors (Lipinski definition) is 15. The molecule has 0 aliphatic heterocycles. The fraction of sp³-hybridized carbons (Fsp3) is 0.527. The minimum absolute atomic E-state index is 0.0189. The Bertz CT molecular complexity index is 3080. The quantitative estimate of drug-likeness (QED) is 0.0201. The highest BCUT2D eigenvalue weighted by Crippen LogP contribution is 2.31. The van der Waals surface area contributed by atoms with E-state index in [0.717, 1.165) is 51.9 Å². The number of amides is 7. The maximum Gasteiger partial charge on any atom is 0.271 e. The van der Waals surface area contributed by atoms with E-state index < -0.39 is 101 Å².